The maximum absolute atomic E-state index is 5.50. The molecule has 0 aliphatic carbocycles. The molecule has 0 aromatic heterocycles. The van der Waals surface area contributed by atoms with Crippen molar-refractivity contribution >= 4 is 17.8 Å². The molecule has 1 unspecified atom stereocenters. The second-order valence-corrected chi connectivity index (χ2v) is 4.19. The normalized spacial score (nSPS) is 23.2. The van der Waals surface area contributed by atoms with E-state index in [1.54, 1.807) is 16.8 Å². The second-order valence-electron chi connectivity index (χ2n) is 3.24. The average molecular weight is 219 g/mol. The number of thioether (sulfide) groups is 1. The summed E-state index contributed by atoms with van der Waals surface area (Å²) in [6.07, 6.45) is 0. The molecule has 1 aromatic carbocycles. The third-order valence-corrected chi connectivity index (χ3v) is 3.31. The van der Waals surface area contributed by atoms with Crippen LogP contribution in [0.5, 0.6) is 0 Å². The standard InChI is InChI=1S/C10H9N3OS/c11-10-12-13-8(14-10)6-15-9(13)7-4-2-1-3-5-7/h1-6,9H,(H2,11,12). The Kier molecular flexibility index (Phi) is 1.85. The maximum Gasteiger partial charge on any atom is 0.311 e. The van der Waals surface area contributed by atoms with Crippen LogP contribution in [0.4, 0.5) is 0 Å². The van der Waals surface area contributed by atoms with E-state index in [-0.39, 0.29) is 11.4 Å². The highest BCUT2D eigenvalue weighted by molar-refractivity contribution is 8.02. The molecule has 1 atom stereocenters. The van der Waals surface area contributed by atoms with Gasteiger partial charge in [0.25, 0.3) is 0 Å². The minimum Gasteiger partial charge on any atom is -0.406 e. The SMILES string of the molecule is NC1=NN2C(=CSC2c2ccccc2)O1. The first-order valence-electron chi connectivity index (χ1n) is 4.56. The van der Waals surface area contributed by atoms with Gasteiger partial charge in [-0.05, 0) is 5.56 Å². The van der Waals surface area contributed by atoms with Gasteiger partial charge in [-0.15, -0.1) is 5.10 Å². The van der Waals surface area contributed by atoms with Crippen LogP contribution in [0, 0.1) is 0 Å². The van der Waals surface area contributed by atoms with Crippen molar-refractivity contribution in [3.63, 3.8) is 0 Å². The molecule has 2 heterocycles. The van der Waals surface area contributed by atoms with E-state index in [0.717, 1.165) is 0 Å². The molecule has 0 fully saturated rings. The van der Waals surface area contributed by atoms with Gasteiger partial charge in [0, 0.05) is 5.41 Å². The third-order valence-electron chi connectivity index (χ3n) is 2.25. The van der Waals surface area contributed by atoms with E-state index in [9.17, 15) is 0 Å². The highest BCUT2D eigenvalue weighted by atomic mass is 32.2. The summed E-state index contributed by atoms with van der Waals surface area (Å²) in [7, 11) is 0. The zero-order valence-electron chi connectivity index (χ0n) is 7.83. The highest BCUT2D eigenvalue weighted by Crippen LogP contribution is 2.44. The summed E-state index contributed by atoms with van der Waals surface area (Å²) in [4.78, 5) is 0. The molecule has 15 heavy (non-hydrogen) atoms. The summed E-state index contributed by atoms with van der Waals surface area (Å²) in [5.41, 5.74) is 6.69. The molecule has 1 aromatic rings. The minimum absolute atomic E-state index is 0.141. The Labute approximate surface area is 91.4 Å². The number of ether oxygens (including phenoxy) is 1. The number of hydrazone groups is 1. The van der Waals surface area contributed by atoms with Crippen LogP contribution in [0.25, 0.3) is 0 Å². The smallest absolute Gasteiger partial charge is 0.311 e. The van der Waals surface area contributed by atoms with Crippen LogP contribution in [-0.4, -0.2) is 11.0 Å². The van der Waals surface area contributed by atoms with Gasteiger partial charge in [-0.2, -0.15) is 0 Å². The second kappa shape index (κ2) is 3.20. The van der Waals surface area contributed by atoms with Crippen LogP contribution >= 0.6 is 11.8 Å². The first kappa shape index (κ1) is 8.67. The van der Waals surface area contributed by atoms with Gasteiger partial charge < -0.3 is 10.5 Å². The van der Waals surface area contributed by atoms with Gasteiger partial charge in [-0.3, -0.25) is 0 Å². The largest absolute Gasteiger partial charge is 0.406 e. The lowest BCUT2D eigenvalue weighted by Crippen LogP contribution is -2.12. The van der Waals surface area contributed by atoms with E-state index in [2.05, 4.69) is 17.2 Å². The number of nitrogens with zero attached hydrogens (tertiary/aromatic N) is 2. The molecule has 2 aliphatic rings. The van der Waals surface area contributed by atoms with Crippen molar-refractivity contribution in [3.05, 3.63) is 47.2 Å². The number of hydrogen-bond acceptors (Lipinski definition) is 5. The molecular weight excluding hydrogens is 210 g/mol. The highest BCUT2D eigenvalue weighted by Gasteiger charge is 2.34. The van der Waals surface area contributed by atoms with Gasteiger partial charge in [0.05, 0.1) is 0 Å². The number of hydrogen-bond donors (Lipinski definition) is 1. The zero-order valence-corrected chi connectivity index (χ0v) is 8.65. The van der Waals surface area contributed by atoms with Crippen LogP contribution in [0.2, 0.25) is 0 Å². The molecule has 2 N–H and O–H groups in total. The van der Waals surface area contributed by atoms with E-state index < -0.39 is 0 Å². The van der Waals surface area contributed by atoms with Crippen LogP contribution in [0.1, 0.15) is 10.9 Å². The predicted octanol–water partition coefficient (Wildman–Crippen LogP) is 1.79. The lowest BCUT2D eigenvalue weighted by molar-refractivity contribution is 0.264. The van der Waals surface area contributed by atoms with E-state index in [4.69, 9.17) is 10.5 Å². The summed E-state index contributed by atoms with van der Waals surface area (Å²) in [5, 5.41) is 8.00. The number of rotatable bonds is 1. The van der Waals surface area contributed by atoms with Gasteiger partial charge in [0.15, 0.2) is 0 Å². The van der Waals surface area contributed by atoms with Crippen molar-refractivity contribution in [2.45, 2.75) is 5.37 Å². The fraction of sp³-hybridized carbons (Fsp3) is 0.100. The molecule has 0 amide bonds. The predicted molar refractivity (Wildman–Crippen MR) is 59.4 cm³/mol. The van der Waals surface area contributed by atoms with Crippen molar-refractivity contribution in [2.24, 2.45) is 10.8 Å². The van der Waals surface area contributed by atoms with Crippen molar-refractivity contribution in [3.8, 4) is 0 Å². The number of benzene rings is 1. The van der Waals surface area contributed by atoms with E-state index in [1.165, 1.54) is 5.56 Å². The van der Waals surface area contributed by atoms with E-state index in [0.29, 0.717) is 5.88 Å². The molecule has 0 radical (unpaired) electrons. The van der Waals surface area contributed by atoms with Crippen molar-refractivity contribution in [1.29, 1.82) is 0 Å². The number of fused-ring (bicyclic) bond motifs is 1. The summed E-state index contributed by atoms with van der Waals surface area (Å²) in [5.74, 6) is 0.714. The fourth-order valence-corrected chi connectivity index (χ4v) is 2.58. The van der Waals surface area contributed by atoms with Crippen LogP contribution in [0.3, 0.4) is 0 Å². The average Bonchev–Trinajstić information content (AvgIpc) is 2.77. The summed E-state index contributed by atoms with van der Waals surface area (Å²) in [6.45, 7) is 0. The van der Waals surface area contributed by atoms with E-state index in [1.807, 2.05) is 23.6 Å². The van der Waals surface area contributed by atoms with Gasteiger partial charge in [-0.25, -0.2) is 5.01 Å². The molecule has 0 spiro atoms. The quantitative estimate of drug-likeness (QED) is 0.782. The first-order valence-corrected chi connectivity index (χ1v) is 5.50. The molecule has 3 rings (SSSR count). The third kappa shape index (κ3) is 1.35. The summed E-state index contributed by atoms with van der Waals surface area (Å²) in [6, 6.07) is 10.4. The molecule has 76 valence electrons. The molecular formula is C10H9N3OS. The molecule has 0 saturated carbocycles. The monoisotopic (exact) mass is 219 g/mol. The Bertz CT molecular complexity index is 443. The maximum atomic E-state index is 5.50. The number of nitrogens with two attached hydrogens (primary N) is 1. The topological polar surface area (TPSA) is 50.8 Å². The van der Waals surface area contributed by atoms with Gasteiger partial charge in [0.1, 0.15) is 5.37 Å². The van der Waals surface area contributed by atoms with Gasteiger partial charge in [0.2, 0.25) is 5.88 Å². The van der Waals surface area contributed by atoms with Gasteiger partial charge in [-0.1, -0.05) is 42.1 Å². The fourth-order valence-electron chi connectivity index (χ4n) is 1.59. The Morgan fingerprint density at radius 1 is 1.33 bits per heavy atom. The summed E-state index contributed by atoms with van der Waals surface area (Å²) >= 11 is 1.67. The molecule has 0 saturated heterocycles. The van der Waals surface area contributed by atoms with Crippen molar-refractivity contribution in [1.82, 2.24) is 5.01 Å². The lowest BCUT2D eigenvalue weighted by atomic mass is 10.2. The van der Waals surface area contributed by atoms with Crippen LogP contribution in [-0.2, 0) is 4.74 Å². The number of amidine groups is 1. The Hall–Kier alpha value is -1.62. The Morgan fingerprint density at radius 2 is 2.13 bits per heavy atom. The molecule has 5 heteroatoms. The van der Waals surface area contributed by atoms with Crippen molar-refractivity contribution < 1.29 is 4.74 Å². The molecule has 4 nitrogen and oxygen atoms in total. The van der Waals surface area contributed by atoms with Crippen molar-refractivity contribution in [2.75, 3.05) is 0 Å². The van der Waals surface area contributed by atoms with Gasteiger partial charge >= 0.3 is 6.02 Å². The van der Waals surface area contributed by atoms with E-state index >= 15 is 0 Å². The van der Waals surface area contributed by atoms with Crippen LogP contribution in [0.15, 0.2) is 46.7 Å². The Morgan fingerprint density at radius 3 is 2.93 bits per heavy atom. The zero-order chi connectivity index (χ0) is 10.3. The minimum atomic E-state index is 0.141. The molecule has 2 aliphatic heterocycles. The molecule has 0 bridgehead atoms. The Balaban J connectivity index is 1.92. The summed E-state index contributed by atoms with van der Waals surface area (Å²) < 4.78 is 5.23. The van der Waals surface area contributed by atoms with Crippen LogP contribution < -0.4 is 5.73 Å². The first-order chi connectivity index (χ1) is 7.34. The lowest BCUT2D eigenvalue weighted by Gasteiger charge is -2.17.